The second-order valence-electron chi connectivity index (χ2n) is 7.01. The highest BCUT2D eigenvalue weighted by Gasteiger charge is 2.26. The van der Waals surface area contributed by atoms with Gasteiger partial charge in [-0.2, -0.15) is 0 Å². The van der Waals surface area contributed by atoms with Crippen LogP contribution in [0.15, 0.2) is 54.6 Å². The average Bonchev–Trinajstić information content (AvgIpc) is 2.72. The zero-order chi connectivity index (χ0) is 19.1. The molecule has 1 atom stereocenters. The molecule has 3 rings (SSSR count). The lowest BCUT2D eigenvalue weighted by Gasteiger charge is -2.36. The molecule has 6 heteroatoms. The van der Waals surface area contributed by atoms with Gasteiger partial charge in [0.15, 0.2) is 0 Å². The largest absolute Gasteiger partial charge is 0.399 e. The highest BCUT2D eigenvalue weighted by Crippen LogP contribution is 2.19. The third-order valence-electron chi connectivity index (χ3n) is 5.15. The smallest absolute Gasteiger partial charge is 0.251 e. The number of nitrogens with zero attached hydrogens (tertiary/aromatic N) is 1. The number of benzene rings is 2. The van der Waals surface area contributed by atoms with Crippen LogP contribution in [0.4, 0.5) is 5.69 Å². The van der Waals surface area contributed by atoms with Crippen molar-refractivity contribution in [1.29, 1.82) is 0 Å². The molecule has 0 bridgehead atoms. The standard InChI is InChI=1S/C22H27N3O2.ClH/c23-20-12-5-4-8-17(20)13-14-21(26)25-15-7-6-11-19(25)16-24-22(27)18-9-2-1-3-10-18;/h1-5,8-10,12,19H,6-7,11,13-16,23H2,(H,24,27);1H. The molecule has 1 unspecified atom stereocenters. The third kappa shape index (κ3) is 5.73. The van der Waals surface area contributed by atoms with Gasteiger partial charge < -0.3 is 16.0 Å². The van der Waals surface area contributed by atoms with Crippen LogP contribution in [-0.4, -0.2) is 35.8 Å². The molecule has 0 radical (unpaired) electrons. The predicted molar refractivity (Wildman–Crippen MR) is 115 cm³/mol. The fourth-order valence-electron chi connectivity index (χ4n) is 3.59. The molecule has 2 aromatic rings. The van der Waals surface area contributed by atoms with Crippen molar-refractivity contribution in [2.24, 2.45) is 0 Å². The fraction of sp³-hybridized carbons (Fsp3) is 0.364. The lowest BCUT2D eigenvalue weighted by atomic mass is 10.00. The van der Waals surface area contributed by atoms with Crippen LogP contribution >= 0.6 is 12.4 Å². The summed E-state index contributed by atoms with van der Waals surface area (Å²) in [5.41, 5.74) is 8.36. The number of nitrogens with one attached hydrogen (secondary N) is 1. The van der Waals surface area contributed by atoms with E-state index in [0.29, 0.717) is 24.9 Å². The molecule has 3 N–H and O–H groups in total. The minimum Gasteiger partial charge on any atom is -0.399 e. The minimum absolute atomic E-state index is 0. The van der Waals surface area contributed by atoms with E-state index in [-0.39, 0.29) is 30.3 Å². The molecule has 1 aliphatic rings. The number of likely N-dealkylation sites (tertiary alicyclic amines) is 1. The Labute approximate surface area is 172 Å². The maximum absolute atomic E-state index is 12.8. The van der Waals surface area contributed by atoms with Crippen molar-refractivity contribution in [3.63, 3.8) is 0 Å². The Morgan fingerprint density at radius 3 is 2.50 bits per heavy atom. The van der Waals surface area contributed by atoms with Crippen molar-refractivity contribution >= 4 is 29.9 Å². The van der Waals surface area contributed by atoms with Crippen LogP contribution in [0.2, 0.25) is 0 Å². The number of para-hydroxylation sites is 1. The van der Waals surface area contributed by atoms with Crippen LogP contribution < -0.4 is 11.1 Å². The average molecular weight is 402 g/mol. The van der Waals surface area contributed by atoms with Gasteiger partial charge in [0.25, 0.3) is 5.91 Å². The van der Waals surface area contributed by atoms with E-state index in [0.717, 1.165) is 37.1 Å². The number of hydrogen-bond donors (Lipinski definition) is 2. The van der Waals surface area contributed by atoms with Gasteiger partial charge in [0.2, 0.25) is 5.91 Å². The zero-order valence-electron chi connectivity index (χ0n) is 16.0. The minimum atomic E-state index is -0.0920. The number of anilines is 1. The van der Waals surface area contributed by atoms with E-state index in [1.165, 1.54) is 0 Å². The summed E-state index contributed by atoms with van der Waals surface area (Å²) in [4.78, 5) is 27.0. The number of carbonyl (C=O) groups excluding carboxylic acids is 2. The van der Waals surface area contributed by atoms with E-state index in [1.807, 2.05) is 47.4 Å². The molecule has 1 fully saturated rings. The van der Waals surface area contributed by atoms with Crippen LogP contribution in [0, 0.1) is 0 Å². The Morgan fingerprint density at radius 2 is 1.75 bits per heavy atom. The van der Waals surface area contributed by atoms with Gasteiger partial charge in [0.05, 0.1) is 0 Å². The molecule has 5 nitrogen and oxygen atoms in total. The Balaban J connectivity index is 0.00000280. The van der Waals surface area contributed by atoms with Crippen LogP contribution in [0.25, 0.3) is 0 Å². The van der Waals surface area contributed by atoms with E-state index in [2.05, 4.69) is 5.32 Å². The van der Waals surface area contributed by atoms with Crippen LogP contribution in [-0.2, 0) is 11.2 Å². The highest BCUT2D eigenvalue weighted by atomic mass is 35.5. The topological polar surface area (TPSA) is 75.4 Å². The normalized spacial score (nSPS) is 16.1. The molecule has 0 spiro atoms. The molecular weight excluding hydrogens is 374 g/mol. The summed E-state index contributed by atoms with van der Waals surface area (Å²) in [7, 11) is 0. The number of carbonyl (C=O) groups is 2. The quantitative estimate of drug-likeness (QED) is 0.728. The van der Waals surface area contributed by atoms with Gasteiger partial charge in [0, 0.05) is 36.8 Å². The Morgan fingerprint density at radius 1 is 1.04 bits per heavy atom. The first-order valence-corrected chi connectivity index (χ1v) is 9.61. The summed E-state index contributed by atoms with van der Waals surface area (Å²) in [6.07, 6.45) is 4.11. The first kappa shape index (κ1) is 21.8. The van der Waals surface area contributed by atoms with Gasteiger partial charge in [-0.15, -0.1) is 12.4 Å². The summed E-state index contributed by atoms with van der Waals surface area (Å²) in [5, 5.41) is 2.98. The number of piperidine rings is 1. The molecule has 2 aromatic carbocycles. The molecule has 28 heavy (non-hydrogen) atoms. The number of rotatable bonds is 6. The van der Waals surface area contributed by atoms with E-state index in [1.54, 1.807) is 12.1 Å². The monoisotopic (exact) mass is 401 g/mol. The SMILES string of the molecule is Cl.Nc1ccccc1CCC(=O)N1CCCCC1CNC(=O)c1ccccc1. The highest BCUT2D eigenvalue weighted by molar-refractivity contribution is 5.94. The van der Waals surface area contributed by atoms with Crippen LogP contribution in [0.3, 0.4) is 0 Å². The predicted octanol–water partition coefficient (Wildman–Crippen LogP) is 3.43. The van der Waals surface area contributed by atoms with Gasteiger partial charge in [-0.25, -0.2) is 0 Å². The molecule has 0 aliphatic carbocycles. The van der Waals surface area contributed by atoms with E-state index in [9.17, 15) is 9.59 Å². The van der Waals surface area contributed by atoms with Crippen molar-refractivity contribution in [1.82, 2.24) is 10.2 Å². The second-order valence-corrected chi connectivity index (χ2v) is 7.01. The summed E-state index contributed by atoms with van der Waals surface area (Å²) in [5.74, 6) is 0.0440. The maximum atomic E-state index is 12.8. The summed E-state index contributed by atoms with van der Waals surface area (Å²) in [6, 6.07) is 16.9. The van der Waals surface area contributed by atoms with Crippen molar-refractivity contribution in [3.8, 4) is 0 Å². The van der Waals surface area contributed by atoms with E-state index in [4.69, 9.17) is 5.73 Å². The second kappa shape index (κ2) is 10.7. The molecule has 2 amide bonds. The van der Waals surface area contributed by atoms with Gasteiger partial charge >= 0.3 is 0 Å². The molecule has 1 aliphatic heterocycles. The van der Waals surface area contributed by atoms with Crippen molar-refractivity contribution < 1.29 is 9.59 Å². The first-order valence-electron chi connectivity index (χ1n) is 9.61. The first-order chi connectivity index (χ1) is 13.1. The summed E-state index contributed by atoms with van der Waals surface area (Å²) >= 11 is 0. The number of nitrogens with two attached hydrogens (primary N) is 1. The molecule has 150 valence electrons. The van der Waals surface area contributed by atoms with Crippen molar-refractivity contribution in [2.45, 2.75) is 38.1 Å². The third-order valence-corrected chi connectivity index (χ3v) is 5.15. The van der Waals surface area contributed by atoms with Crippen molar-refractivity contribution in [2.75, 3.05) is 18.8 Å². The Hall–Kier alpha value is -2.53. The number of amides is 2. The molecule has 1 heterocycles. The Bertz CT molecular complexity index is 782. The van der Waals surface area contributed by atoms with Crippen LogP contribution in [0.1, 0.15) is 41.6 Å². The van der Waals surface area contributed by atoms with Gasteiger partial charge in [-0.1, -0.05) is 36.4 Å². The summed E-state index contributed by atoms with van der Waals surface area (Å²) in [6.45, 7) is 1.25. The van der Waals surface area contributed by atoms with Gasteiger partial charge in [-0.3, -0.25) is 9.59 Å². The lowest BCUT2D eigenvalue weighted by Crippen LogP contribution is -2.49. The van der Waals surface area contributed by atoms with Gasteiger partial charge in [-0.05, 0) is 49.4 Å². The van der Waals surface area contributed by atoms with Crippen molar-refractivity contribution in [3.05, 3.63) is 65.7 Å². The molecular formula is C22H28ClN3O2. The molecule has 0 saturated carbocycles. The molecule has 1 saturated heterocycles. The van der Waals surface area contributed by atoms with Gasteiger partial charge in [0.1, 0.15) is 0 Å². The number of nitrogen functional groups attached to an aromatic ring is 1. The van der Waals surface area contributed by atoms with E-state index >= 15 is 0 Å². The zero-order valence-corrected chi connectivity index (χ0v) is 16.8. The number of hydrogen-bond acceptors (Lipinski definition) is 3. The maximum Gasteiger partial charge on any atom is 0.251 e. The number of halogens is 1. The molecule has 0 aromatic heterocycles. The fourth-order valence-corrected chi connectivity index (χ4v) is 3.59. The summed E-state index contributed by atoms with van der Waals surface area (Å²) < 4.78 is 0. The van der Waals surface area contributed by atoms with E-state index < -0.39 is 0 Å². The lowest BCUT2D eigenvalue weighted by molar-refractivity contribution is -0.134. The number of aryl methyl sites for hydroxylation is 1. The van der Waals surface area contributed by atoms with Crippen LogP contribution in [0.5, 0.6) is 0 Å². The Kier molecular flexibility index (Phi) is 8.33.